The third kappa shape index (κ3) is 4.21. The maximum Gasteiger partial charge on any atom is 0.319 e. The van der Waals surface area contributed by atoms with Crippen LogP contribution in [0, 0.1) is 5.92 Å². The lowest BCUT2D eigenvalue weighted by Crippen LogP contribution is -2.69. The van der Waals surface area contributed by atoms with Crippen molar-refractivity contribution in [3.8, 4) is 5.75 Å². The second kappa shape index (κ2) is 9.59. The smallest absolute Gasteiger partial charge is 0.319 e. The van der Waals surface area contributed by atoms with E-state index in [0.717, 1.165) is 11.3 Å². The van der Waals surface area contributed by atoms with Crippen LogP contribution < -0.4 is 14.8 Å². The molecule has 4 rings (SSSR count). The van der Waals surface area contributed by atoms with E-state index in [1.54, 1.807) is 13.0 Å². The van der Waals surface area contributed by atoms with Crippen molar-refractivity contribution in [2.45, 2.75) is 45.6 Å². The zero-order chi connectivity index (χ0) is 24.3. The fraction of sp³-hybridized carbons (Fsp3) is 0.310. The molecule has 0 heterocycles. The van der Waals surface area contributed by atoms with E-state index in [9.17, 15) is 9.59 Å². The number of ether oxygens (including phenoxy) is 1. The van der Waals surface area contributed by atoms with Crippen LogP contribution in [0.25, 0.3) is 0 Å². The molecule has 0 fully saturated rings. The van der Waals surface area contributed by atoms with Crippen molar-refractivity contribution < 1.29 is 18.8 Å². The van der Waals surface area contributed by atoms with Gasteiger partial charge in [-0.25, -0.2) is 0 Å². The van der Waals surface area contributed by atoms with Gasteiger partial charge in [-0.2, -0.15) is 0 Å². The number of hydrogen-bond acceptors (Lipinski definition) is 4. The number of esters is 1. The maximum absolute atomic E-state index is 13.2. The highest BCUT2D eigenvalue weighted by Crippen LogP contribution is 2.40. The van der Waals surface area contributed by atoms with E-state index in [2.05, 4.69) is 69.3 Å². The first kappa shape index (κ1) is 24.0. The number of rotatable bonds is 6. The van der Waals surface area contributed by atoms with Crippen molar-refractivity contribution in [2.75, 3.05) is 6.61 Å². The fourth-order valence-corrected chi connectivity index (χ4v) is 9.49. The Morgan fingerprint density at radius 2 is 1.50 bits per heavy atom. The minimum atomic E-state index is -2.83. The van der Waals surface area contributed by atoms with E-state index in [1.165, 1.54) is 10.4 Å². The van der Waals surface area contributed by atoms with Gasteiger partial charge in [0.1, 0.15) is 11.7 Å². The molecule has 176 valence electrons. The number of benzene rings is 3. The van der Waals surface area contributed by atoms with Gasteiger partial charge in [0.2, 0.25) is 0 Å². The lowest BCUT2D eigenvalue weighted by atomic mass is 9.82. The predicted molar refractivity (Wildman–Crippen MR) is 137 cm³/mol. The first-order chi connectivity index (χ1) is 16.3. The van der Waals surface area contributed by atoms with Crippen LogP contribution in [0.3, 0.4) is 0 Å². The number of Topliss-reactive ketones (excluding diaryl/α,β-unsaturated/α-hetero) is 1. The summed E-state index contributed by atoms with van der Waals surface area (Å²) < 4.78 is 12.4. The minimum Gasteiger partial charge on any atom is -0.534 e. The van der Waals surface area contributed by atoms with Crippen LogP contribution >= 0.6 is 0 Å². The van der Waals surface area contributed by atoms with Crippen LogP contribution in [-0.4, -0.2) is 26.7 Å². The molecule has 0 saturated heterocycles. The summed E-state index contributed by atoms with van der Waals surface area (Å²) in [5.74, 6) is -0.609. The van der Waals surface area contributed by atoms with Crippen LogP contribution in [0.4, 0.5) is 0 Å². The Labute approximate surface area is 203 Å². The number of carbonyl (C=O) groups is 2. The maximum atomic E-state index is 13.2. The third-order valence-corrected chi connectivity index (χ3v) is 11.6. The van der Waals surface area contributed by atoms with Crippen molar-refractivity contribution in [3.05, 3.63) is 90.0 Å². The van der Waals surface area contributed by atoms with E-state index in [-0.39, 0.29) is 17.4 Å². The molecule has 1 unspecified atom stereocenters. The Hall–Kier alpha value is -3.18. The van der Waals surface area contributed by atoms with E-state index in [4.69, 9.17) is 9.16 Å². The molecule has 5 heteroatoms. The van der Waals surface area contributed by atoms with Crippen LogP contribution in [0.1, 0.15) is 50.0 Å². The summed E-state index contributed by atoms with van der Waals surface area (Å²) in [6.07, 6.45) is 1.03. The van der Waals surface area contributed by atoms with E-state index in [0.29, 0.717) is 18.4 Å². The van der Waals surface area contributed by atoms with Gasteiger partial charge in [0.25, 0.3) is 0 Å². The number of fused-ring (bicyclic) bond motifs is 1. The summed E-state index contributed by atoms with van der Waals surface area (Å²) in [5.41, 5.74) is 1.46. The Balaban J connectivity index is 1.85. The third-order valence-electron chi connectivity index (χ3n) is 6.65. The van der Waals surface area contributed by atoms with Gasteiger partial charge in [-0.05, 0) is 41.2 Å². The molecule has 3 aromatic rings. The highest BCUT2D eigenvalue weighted by molar-refractivity contribution is 7.00. The topological polar surface area (TPSA) is 52.6 Å². The van der Waals surface area contributed by atoms with Crippen molar-refractivity contribution >= 4 is 30.4 Å². The van der Waals surface area contributed by atoms with Crippen LogP contribution in [0.2, 0.25) is 5.04 Å². The Kier molecular flexibility index (Phi) is 6.76. The molecule has 0 N–H and O–H groups in total. The van der Waals surface area contributed by atoms with Gasteiger partial charge >= 0.3 is 14.3 Å². The average molecular weight is 473 g/mol. The zero-order valence-electron chi connectivity index (χ0n) is 20.3. The zero-order valence-corrected chi connectivity index (χ0v) is 21.3. The van der Waals surface area contributed by atoms with Gasteiger partial charge < -0.3 is 9.16 Å². The molecule has 0 bridgehead atoms. The largest absolute Gasteiger partial charge is 0.534 e. The molecule has 3 aromatic carbocycles. The molecule has 34 heavy (non-hydrogen) atoms. The quantitative estimate of drug-likeness (QED) is 0.290. The number of ketones is 1. The predicted octanol–water partition coefficient (Wildman–Crippen LogP) is 4.93. The summed E-state index contributed by atoms with van der Waals surface area (Å²) in [6, 6.07) is 26.5. The Morgan fingerprint density at radius 1 is 0.912 bits per heavy atom. The van der Waals surface area contributed by atoms with Crippen LogP contribution in [0.5, 0.6) is 5.75 Å². The Bertz CT molecular complexity index is 1130. The fourth-order valence-electron chi connectivity index (χ4n) is 5.04. The summed E-state index contributed by atoms with van der Waals surface area (Å²) in [4.78, 5) is 25.6. The highest BCUT2D eigenvalue weighted by atomic mass is 28.4. The molecule has 0 aromatic heterocycles. The Morgan fingerprint density at radius 3 is 2.03 bits per heavy atom. The number of hydrogen-bond donors (Lipinski definition) is 0. The highest BCUT2D eigenvalue weighted by Gasteiger charge is 2.52. The van der Waals surface area contributed by atoms with Crippen molar-refractivity contribution in [1.82, 2.24) is 0 Å². The van der Waals surface area contributed by atoms with E-state index in [1.807, 2.05) is 24.3 Å². The first-order valence-corrected chi connectivity index (χ1v) is 13.8. The van der Waals surface area contributed by atoms with E-state index < -0.39 is 20.2 Å². The summed E-state index contributed by atoms with van der Waals surface area (Å²) in [5, 5.41) is 2.17. The summed E-state index contributed by atoms with van der Waals surface area (Å²) in [6.45, 7) is 8.73. The molecule has 1 aliphatic rings. The second-order valence-electron chi connectivity index (χ2n) is 9.76. The van der Waals surface area contributed by atoms with Gasteiger partial charge in [0, 0.05) is 11.1 Å². The normalized spacial score (nSPS) is 16.0. The standard InChI is InChI=1S/C29H32O4Si/c1-5-32-28(31)25-20-19-23-24(27(25)30)17-12-18-26(23)33-34(29(2,3)4,21-13-8-6-9-14-21)22-15-10-7-11-16-22/h6-18,25H,5,19-20H2,1-4H3. The SMILES string of the molecule is CCOC(=O)C1CCc2c(O[Si](c3ccccc3)(c3ccccc3)C(C)(C)C)cccc2C1=O. The monoisotopic (exact) mass is 472 g/mol. The minimum absolute atomic E-state index is 0.174. The second-order valence-corrected chi connectivity index (χ2v) is 14.0. The van der Waals surface area contributed by atoms with Crippen LogP contribution in [0.15, 0.2) is 78.9 Å². The molecule has 1 atom stereocenters. The lowest BCUT2D eigenvalue weighted by Gasteiger charge is -2.43. The molecule has 1 aliphatic carbocycles. The molecule has 0 spiro atoms. The average Bonchev–Trinajstić information content (AvgIpc) is 2.83. The van der Waals surface area contributed by atoms with Crippen LogP contribution in [-0.2, 0) is 16.0 Å². The number of carbonyl (C=O) groups excluding carboxylic acids is 2. The molecule has 4 nitrogen and oxygen atoms in total. The van der Waals surface area contributed by atoms with Gasteiger partial charge in [0.05, 0.1) is 6.61 Å². The first-order valence-electron chi connectivity index (χ1n) is 11.9. The molecule has 0 amide bonds. The van der Waals surface area contributed by atoms with Gasteiger partial charge in [-0.1, -0.05) is 93.6 Å². The van der Waals surface area contributed by atoms with E-state index >= 15 is 0 Å². The van der Waals surface area contributed by atoms with Crippen molar-refractivity contribution in [2.24, 2.45) is 5.92 Å². The van der Waals surface area contributed by atoms with Crippen molar-refractivity contribution in [3.63, 3.8) is 0 Å². The van der Waals surface area contributed by atoms with Crippen molar-refractivity contribution in [1.29, 1.82) is 0 Å². The van der Waals surface area contributed by atoms with Gasteiger partial charge in [-0.15, -0.1) is 0 Å². The molecular weight excluding hydrogens is 440 g/mol. The molecule has 0 saturated carbocycles. The van der Waals surface area contributed by atoms with Gasteiger partial charge in [-0.3, -0.25) is 9.59 Å². The lowest BCUT2D eigenvalue weighted by molar-refractivity contribution is -0.146. The molecule has 0 aliphatic heterocycles. The summed E-state index contributed by atoms with van der Waals surface area (Å²) >= 11 is 0. The molecule has 0 radical (unpaired) electrons. The summed E-state index contributed by atoms with van der Waals surface area (Å²) in [7, 11) is -2.83. The van der Waals surface area contributed by atoms with Gasteiger partial charge in [0.15, 0.2) is 5.78 Å². The molecular formula is C29H32O4Si.